The standard InChI is InChI=1S/C18H27FN2O2/c1-17(2,3)12-20-13-18(23)9-6-10-21(16(18)22)11-14-7-4-5-8-15(14)19/h4-5,7-8,20,23H,6,9-13H2,1-3H3/t18-/m1/s1. The first-order chi connectivity index (χ1) is 10.7. The van der Waals surface area contributed by atoms with Gasteiger partial charge in [-0.15, -0.1) is 0 Å². The molecule has 0 radical (unpaired) electrons. The summed E-state index contributed by atoms with van der Waals surface area (Å²) in [6, 6.07) is 6.45. The Balaban J connectivity index is 2.01. The molecule has 0 unspecified atom stereocenters. The summed E-state index contributed by atoms with van der Waals surface area (Å²) in [7, 11) is 0. The number of benzene rings is 1. The van der Waals surface area contributed by atoms with Crippen molar-refractivity contribution >= 4 is 5.91 Å². The number of nitrogens with one attached hydrogen (secondary N) is 1. The van der Waals surface area contributed by atoms with E-state index in [9.17, 15) is 14.3 Å². The largest absolute Gasteiger partial charge is 0.379 e. The predicted octanol–water partition coefficient (Wildman–Crippen LogP) is 2.31. The van der Waals surface area contributed by atoms with Gasteiger partial charge in [-0.3, -0.25) is 4.79 Å². The van der Waals surface area contributed by atoms with Gasteiger partial charge in [0.15, 0.2) is 5.60 Å². The number of halogens is 1. The molecule has 23 heavy (non-hydrogen) atoms. The molecule has 0 aliphatic carbocycles. The second-order valence-electron chi connectivity index (χ2n) is 7.62. The van der Waals surface area contributed by atoms with E-state index in [4.69, 9.17) is 0 Å². The van der Waals surface area contributed by atoms with Crippen LogP contribution in [0.4, 0.5) is 4.39 Å². The van der Waals surface area contributed by atoms with E-state index in [0.717, 1.165) is 6.54 Å². The van der Waals surface area contributed by atoms with Crippen LogP contribution in [0, 0.1) is 11.2 Å². The van der Waals surface area contributed by atoms with Crippen LogP contribution in [0.3, 0.4) is 0 Å². The summed E-state index contributed by atoms with van der Waals surface area (Å²) in [5, 5.41) is 13.9. The fraction of sp³-hybridized carbons (Fsp3) is 0.611. The van der Waals surface area contributed by atoms with E-state index in [0.29, 0.717) is 24.9 Å². The SMILES string of the molecule is CC(C)(C)CNC[C@]1(O)CCCN(Cc2ccccc2F)C1=O. The molecule has 1 saturated heterocycles. The number of piperidine rings is 1. The van der Waals surface area contributed by atoms with Gasteiger partial charge in [0, 0.05) is 31.7 Å². The van der Waals surface area contributed by atoms with Crippen molar-refractivity contribution in [1.82, 2.24) is 10.2 Å². The molecule has 1 aliphatic rings. The maximum Gasteiger partial charge on any atom is 0.256 e. The van der Waals surface area contributed by atoms with Gasteiger partial charge in [-0.25, -0.2) is 4.39 Å². The Bertz CT molecular complexity index is 556. The smallest absolute Gasteiger partial charge is 0.256 e. The van der Waals surface area contributed by atoms with E-state index in [-0.39, 0.29) is 30.2 Å². The van der Waals surface area contributed by atoms with E-state index in [1.807, 2.05) is 0 Å². The topological polar surface area (TPSA) is 52.6 Å². The van der Waals surface area contributed by atoms with Crippen molar-refractivity contribution in [2.24, 2.45) is 5.41 Å². The van der Waals surface area contributed by atoms with Crippen LogP contribution in [-0.4, -0.2) is 41.1 Å². The molecule has 2 rings (SSSR count). The van der Waals surface area contributed by atoms with Crippen LogP contribution in [0.2, 0.25) is 0 Å². The highest BCUT2D eigenvalue weighted by molar-refractivity contribution is 5.86. The number of hydrogen-bond acceptors (Lipinski definition) is 3. The third kappa shape index (κ3) is 4.75. The minimum Gasteiger partial charge on any atom is -0.379 e. The number of amides is 1. The highest BCUT2D eigenvalue weighted by Gasteiger charge is 2.42. The van der Waals surface area contributed by atoms with Crippen LogP contribution >= 0.6 is 0 Å². The molecule has 1 aromatic rings. The molecule has 1 aromatic carbocycles. The van der Waals surface area contributed by atoms with Crippen molar-refractivity contribution in [3.05, 3.63) is 35.6 Å². The third-order valence-electron chi connectivity index (χ3n) is 4.10. The van der Waals surface area contributed by atoms with Crippen molar-refractivity contribution in [3.63, 3.8) is 0 Å². The fourth-order valence-electron chi connectivity index (χ4n) is 2.86. The van der Waals surface area contributed by atoms with Gasteiger partial charge in [0.1, 0.15) is 5.82 Å². The summed E-state index contributed by atoms with van der Waals surface area (Å²) in [6.07, 6.45) is 1.16. The first-order valence-electron chi connectivity index (χ1n) is 8.17. The summed E-state index contributed by atoms with van der Waals surface area (Å²) in [4.78, 5) is 14.2. The molecule has 0 spiro atoms. The molecule has 1 heterocycles. The molecule has 1 atom stereocenters. The van der Waals surface area contributed by atoms with Crippen LogP contribution < -0.4 is 5.32 Å². The Morgan fingerprint density at radius 2 is 2.04 bits per heavy atom. The summed E-state index contributed by atoms with van der Waals surface area (Å²) >= 11 is 0. The molecular formula is C18H27FN2O2. The van der Waals surface area contributed by atoms with Gasteiger partial charge in [0.2, 0.25) is 0 Å². The second-order valence-corrected chi connectivity index (χ2v) is 7.62. The van der Waals surface area contributed by atoms with Gasteiger partial charge >= 0.3 is 0 Å². The summed E-state index contributed by atoms with van der Waals surface area (Å²) in [5.74, 6) is -0.631. The molecule has 2 N–H and O–H groups in total. The zero-order valence-electron chi connectivity index (χ0n) is 14.2. The van der Waals surface area contributed by atoms with Crippen molar-refractivity contribution in [2.75, 3.05) is 19.6 Å². The normalized spacial score (nSPS) is 22.5. The van der Waals surface area contributed by atoms with Crippen molar-refractivity contribution in [2.45, 2.75) is 45.8 Å². The highest BCUT2D eigenvalue weighted by atomic mass is 19.1. The van der Waals surface area contributed by atoms with Crippen molar-refractivity contribution < 1.29 is 14.3 Å². The molecule has 1 aliphatic heterocycles. The maximum absolute atomic E-state index is 13.8. The van der Waals surface area contributed by atoms with Gasteiger partial charge in [-0.1, -0.05) is 39.0 Å². The monoisotopic (exact) mass is 322 g/mol. The zero-order valence-corrected chi connectivity index (χ0v) is 14.2. The van der Waals surface area contributed by atoms with Crippen LogP contribution in [0.15, 0.2) is 24.3 Å². The van der Waals surface area contributed by atoms with Gasteiger partial charge in [0.25, 0.3) is 5.91 Å². The fourth-order valence-corrected chi connectivity index (χ4v) is 2.86. The van der Waals surface area contributed by atoms with Crippen LogP contribution in [-0.2, 0) is 11.3 Å². The van der Waals surface area contributed by atoms with E-state index in [1.165, 1.54) is 6.07 Å². The molecule has 5 heteroatoms. The van der Waals surface area contributed by atoms with E-state index in [1.54, 1.807) is 23.1 Å². The predicted molar refractivity (Wildman–Crippen MR) is 88.3 cm³/mol. The number of aliphatic hydroxyl groups is 1. The number of likely N-dealkylation sites (tertiary alicyclic amines) is 1. The van der Waals surface area contributed by atoms with Crippen molar-refractivity contribution in [3.8, 4) is 0 Å². The number of hydrogen-bond donors (Lipinski definition) is 2. The van der Waals surface area contributed by atoms with E-state index >= 15 is 0 Å². The van der Waals surface area contributed by atoms with Gasteiger partial charge < -0.3 is 15.3 Å². The molecule has 0 bridgehead atoms. The lowest BCUT2D eigenvalue weighted by molar-refractivity contribution is -0.157. The number of carbonyl (C=O) groups excluding carboxylic acids is 1. The van der Waals surface area contributed by atoms with Gasteiger partial charge in [0.05, 0.1) is 0 Å². The minimum atomic E-state index is -1.39. The first kappa shape index (κ1) is 17.9. The van der Waals surface area contributed by atoms with Crippen LogP contribution in [0.25, 0.3) is 0 Å². The molecule has 0 saturated carbocycles. The lowest BCUT2D eigenvalue weighted by Crippen LogP contribution is -2.58. The average Bonchev–Trinajstić information content (AvgIpc) is 2.45. The highest BCUT2D eigenvalue weighted by Crippen LogP contribution is 2.24. The van der Waals surface area contributed by atoms with Crippen molar-refractivity contribution in [1.29, 1.82) is 0 Å². The Morgan fingerprint density at radius 1 is 1.35 bits per heavy atom. The van der Waals surface area contributed by atoms with E-state index < -0.39 is 5.60 Å². The second kappa shape index (κ2) is 6.97. The number of rotatable bonds is 5. The zero-order chi connectivity index (χ0) is 17.1. The Hall–Kier alpha value is -1.46. The minimum absolute atomic E-state index is 0.0843. The average molecular weight is 322 g/mol. The number of carbonyl (C=O) groups is 1. The lowest BCUT2D eigenvalue weighted by Gasteiger charge is -2.39. The number of nitrogens with zero attached hydrogens (tertiary/aromatic N) is 1. The third-order valence-corrected chi connectivity index (χ3v) is 4.10. The lowest BCUT2D eigenvalue weighted by atomic mass is 9.90. The summed E-state index contributed by atoms with van der Waals surface area (Å²) < 4.78 is 13.8. The van der Waals surface area contributed by atoms with Gasteiger partial charge in [-0.2, -0.15) is 0 Å². The molecule has 0 aromatic heterocycles. The first-order valence-corrected chi connectivity index (χ1v) is 8.17. The maximum atomic E-state index is 13.8. The summed E-state index contributed by atoms with van der Waals surface area (Å²) in [5.41, 5.74) is -0.830. The molecule has 4 nitrogen and oxygen atoms in total. The van der Waals surface area contributed by atoms with Gasteiger partial charge in [-0.05, 0) is 24.3 Å². The Kier molecular flexibility index (Phi) is 5.42. The van der Waals surface area contributed by atoms with Crippen LogP contribution in [0.1, 0.15) is 39.2 Å². The Morgan fingerprint density at radius 3 is 2.70 bits per heavy atom. The quantitative estimate of drug-likeness (QED) is 0.875. The molecular weight excluding hydrogens is 295 g/mol. The summed E-state index contributed by atoms with van der Waals surface area (Å²) in [6.45, 7) is 7.99. The van der Waals surface area contributed by atoms with E-state index in [2.05, 4.69) is 26.1 Å². The molecule has 1 fully saturated rings. The molecule has 128 valence electrons. The Labute approximate surface area is 137 Å². The van der Waals surface area contributed by atoms with Crippen LogP contribution in [0.5, 0.6) is 0 Å². The molecule has 1 amide bonds.